The van der Waals surface area contributed by atoms with E-state index in [1.165, 1.54) is 12.8 Å². The molecule has 1 aliphatic carbocycles. The lowest BCUT2D eigenvalue weighted by atomic mass is 10.2. The second-order valence-corrected chi connectivity index (χ2v) is 5.26. The maximum atomic E-state index is 5.77. The first-order chi connectivity index (χ1) is 7.65. The van der Waals surface area contributed by atoms with Gasteiger partial charge in [0.15, 0.2) is 5.96 Å². The fraction of sp³-hybridized carbons (Fsp3) is 0.636. The number of rotatable bonds is 4. The average molecular weight is 366 g/mol. The molecule has 1 aromatic heterocycles. The fourth-order valence-corrected chi connectivity index (χ4v) is 2.24. The van der Waals surface area contributed by atoms with Gasteiger partial charge in [-0.15, -0.1) is 35.3 Å². The van der Waals surface area contributed by atoms with E-state index >= 15 is 0 Å². The number of thiazole rings is 1. The van der Waals surface area contributed by atoms with E-state index in [0.29, 0.717) is 24.5 Å². The van der Waals surface area contributed by atoms with Gasteiger partial charge in [0.2, 0.25) is 0 Å². The number of halogens is 1. The van der Waals surface area contributed by atoms with Crippen LogP contribution in [0.3, 0.4) is 0 Å². The van der Waals surface area contributed by atoms with Crippen LogP contribution < -0.4 is 11.1 Å². The number of aryl methyl sites for hydroxylation is 1. The highest BCUT2D eigenvalue weighted by molar-refractivity contribution is 14.0. The van der Waals surface area contributed by atoms with E-state index in [1.54, 1.807) is 11.3 Å². The molecule has 1 fully saturated rings. The molecule has 1 aliphatic rings. The minimum absolute atomic E-state index is 0. The van der Waals surface area contributed by atoms with Crippen LogP contribution >= 0.6 is 35.3 Å². The SMILES string of the molecule is Cc1csc(C(C)CN=C(N)NC2CC2)n1.I. The Morgan fingerprint density at radius 2 is 2.41 bits per heavy atom. The van der Waals surface area contributed by atoms with E-state index in [0.717, 1.165) is 10.7 Å². The highest BCUT2D eigenvalue weighted by Gasteiger charge is 2.21. The summed E-state index contributed by atoms with van der Waals surface area (Å²) in [6.45, 7) is 4.85. The summed E-state index contributed by atoms with van der Waals surface area (Å²) in [4.78, 5) is 8.79. The highest BCUT2D eigenvalue weighted by atomic mass is 127. The van der Waals surface area contributed by atoms with Crippen molar-refractivity contribution in [3.63, 3.8) is 0 Å². The zero-order chi connectivity index (χ0) is 11.5. The number of nitrogens with one attached hydrogen (secondary N) is 1. The van der Waals surface area contributed by atoms with Gasteiger partial charge < -0.3 is 11.1 Å². The largest absolute Gasteiger partial charge is 0.370 e. The molecule has 1 unspecified atom stereocenters. The van der Waals surface area contributed by atoms with Gasteiger partial charge in [-0.05, 0) is 19.8 Å². The van der Waals surface area contributed by atoms with Crippen molar-refractivity contribution in [3.05, 3.63) is 16.1 Å². The van der Waals surface area contributed by atoms with Crippen LogP contribution in [0.15, 0.2) is 10.4 Å². The van der Waals surface area contributed by atoms with Gasteiger partial charge in [0.1, 0.15) is 0 Å². The number of hydrogen-bond acceptors (Lipinski definition) is 3. The molecule has 3 N–H and O–H groups in total. The number of hydrogen-bond donors (Lipinski definition) is 2. The predicted molar refractivity (Wildman–Crippen MR) is 83.3 cm³/mol. The van der Waals surface area contributed by atoms with Gasteiger partial charge >= 0.3 is 0 Å². The number of aromatic nitrogens is 1. The van der Waals surface area contributed by atoms with Gasteiger partial charge in [-0.1, -0.05) is 6.92 Å². The summed E-state index contributed by atoms with van der Waals surface area (Å²) in [7, 11) is 0. The summed E-state index contributed by atoms with van der Waals surface area (Å²) >= 11 is 1.69. The summed E-state index contributed by atoms with van der Waals surface area (Å²) in [5.74, 6) is 0.917. The Morgan fingerprint density at radius 3 is 2.94 bits per heavy atom. The standard InChI is InChI=1S/C11H18N4S.HI/c1-7(10-14-8(2)6-16-10)5-13-11(12)15-9-3-4-9;/h6-7,9H,3-5H2,1-2H3,(H3,12,13,15);1H. The summed E-state index contributed by atoms with van der Waals surface area (Å²) in [5.41, 5.74) is 6.85. The van der Waals surface area contributed by atoms with Crippen LogP contribution in [0.25, 0.3) is 0 Å². The Kier molecular flexibility index (Phi) is 5.64. The van der Waals surface area contributed by atoms with Crippen molar-refractivity contribution in [3.8, 4) is 0 Å². The van der Waals surface area contributed by atoms with Crippen LogP contribution in [0, 0.1) is 6.92 Å². The third kappa shape index (κ3) is 4.79. The summed E-state index contributed by atoms with van der Waals surface area (Å²) in [5, 5.41) is 6.39. The lowest BCUT2D eigenvalue weighted by Gasteiger charge is -2.06. The molecule has 0 aliphatic heterocycles. The molecule has 0 spiro atoms. The Labute approximate surface area is 123 Å². The molecule has 0 aromatic carbocycles. The molecule has 2 rings (SSSR count). The topological polar surface area (TPSA) is 63.3 Å². The van der Waals surface area contributed by atoms with Crippen LogP contribution in [0.1, 0.15) is 36.4 Å². The van der Waals surface area contributed by atoms with Gasteiger partial charge in [0.05, 0.1) is 11.6 Å². The van der Waals surface area contributed by atoms with Crippen molar-refractivity contribution in [1.82, 2.24) is 10.3 Å². The number of guanidine groups is 1. The molecule has 6 heteroatoms. The molecule has 0 saturated heterocycles. The number of nitrogens with two attached hydrogens (primary N) is 1. The smallest absolute Gasteiger partial charge is 0.188 e. The molecular weight excluding hydrogens is 347 g/mol. The summed E-state index contributed by atoms with van der Waals surface area (Å²) < 4.78 is 0. The monoisotopic (exact) mass is 366 g/mol. The maximum absolute atomic E-state index is 5.77. The van der Waals surface area contributed by atoms with Gasteiger partial charge in [-0.25, -0.2) is 4.98 Å². The van der Waals surface area contributed by atoms with Crippen LogP contribution in [0.5, 0.6) is 0 Å². The minimum atomic E-state index is 0. The summed E-state index contributed by atoms with van der Waals surface area (Å²) in [6.07, 6.45) is 2.44. The normalized spacial score (nSPS) is 17.4. The Hall–Kier alpha value is -0.370. The van der Waals surface area contributed by atoms with E-state index in [-0.39, 0.29) is 24.0 Å². The first-order valence-electron chi connectivity index (χ1n) is 5.63. The second-order valence-electron chi connectivity index (χ2n) is 4.37. The summed E-state index contributed by atoms with van der Waals surface area (Å²) in [6, 6.07) is 0.571. The fourth-order valence-electron chi connectivity index (χ4n) is 1.39. The molecule has 96 valence electrons. The number of aliphatic imine (C=N–C) groups is 1. The van der Waals surface area contributed by atoms with Crippen LogP contribution in [0.4, 0.5) is 0 Å². The first kappa shape index (κ1) is 14.7. The molecule has 1 heterocycles. The van der Waals surface area contributed by atoms with Crippen molar-refractivity contribution in [2.24, 2.45) is 10.7 Å². The molecule has 0 bridgehead atoms. The first-order valence-corrected chi connectivity index (χ1v) is 6.51. The lowest BCUT2D eigenvalue weighted by molar-refractivity contribution is 0.754. The molecule has 1 atom stereocenters. The molecule has 1 aromatic rings. The van der Waals surface area contributed by atoms with E-state index in [9.17, 15) is 0 Å². The van der Waals surface area contributed by atoms with Gasteiger partial charge in [0, 0.05) is 23.0 Å². The number of nitrogens with zero attached hydrogens (tertiary/aromatic N) is 2. The quantitative estimate of drug-likeness (QED) is 0.488. The predicted octanol–water partition coefficient (Wildman–Crippen LogP) is 2.24. The Bertz CT molecular complexity index is 387. The highest BCUT2D eigenvalue weighted by Crippen LogP contribution is 2.20. The molecule has 0 amide bonds. The average Bonchev–Trinajstić information content (AvgIpc) is 2.95. The van der Waals surface area contributed by atoms with Crippen LogP contribution in [-0.4, -0.2) is 23.5 Å². The zero-order valence-corrected chi connectivity index (χ0v) is 13.3. The minimum Gasteiger partial charge on any atom is -0.370 e. The zero-order valence-electron chi connectivity index (χ0n) is 10.1. The van der Waals surface area contributed by atoms with E-state index in [1.807, 2.05) is 6.92 Å². The van der Waals surface area contributed by atoms with Gasteiger partial charge in [-0.2, -0.15) is 0 Å². The van der Waals surface area contributed by atoms with Gasteiger partial charge in [-0.3, -0.25) is 4.99 Å². The molecule has 4 nitrogen and oxygen atoms in total. The molecular formula is C11H19IN4S. The molecule has 17 heavy (non-hydrogen) atoms. The van der Waals surface area contributed by atoms with Crippen molar-refractivity contribution in [2.45, 2.75) is 38.6 Å². The van der Waals surface area contributed by atoms with E-state index in [2.05, 4.69) is 27.6 Å². The second kappa shape index (κ2) is 6.53. The molecule has 1 saturated carbocycles. The van der Waals surface area contributed by atoms with Crippen molar-refractivity contribution in [2.75, 3.05) is 6.54 Å². The third-order valence-electron chi connectivity index (χ3n) is 2.52. The van der Waals surface area contributed by atoms with E-state index in [4.69, 9.17) is 5.73 Å². The van der Waals surface area contributed by atoms with Crippen molar-refractivity contribution >= 4 is 41.3 Å². The van der Waals surface area contributed by atoms with E-state index < -0.39 is 0 Å². The van der Waals surface area contributed by atoms with Gasteiger partial charge in [0.25, 0.3) is 0 Å². The van der Waals surface area contributed by atoms with Crippen LogP contribution in [-0.2, 0) is 0 Å². The van der Waals surface area contributed by atoms with Crippen molar-refractivity contribution in [1.29, 1.82) is 0 Å². The molecule has 0 radical (unpaired) electrons. The van der Waals surface area contributed by atoms with Crippen LogP contribution in [0.2, 0.25) is 0 Å². The third-order valence-corrected chi connectivity index (χ3v) is 3.72. The van der Waals surface area contributed by atoms with Crippen molar-refractivity contribution < 1.29 is 0 Å². The lowest BCUT2D eigenvalue weighted by Crippen LogP contribution is -2.33. The maximum Gasteiger partial charge on any atom is 0.188 e. The Balaban J connectivity index is 0.00000144. The Morgan fingerprint density at radius 1 is 1.71 bits per heavy atom.